The highest BCUT2D eigenvalue weighted by molar-refractivity contribution is 7.89. The van der Waals surface area contributed by atoms with Crippen LogP contribution in [0.4, 0.5) is 4.79 Å². The number of amides is 1. The fourth-order valence-electron chi connectivity index (χ4n) is 4.84. The molecule has 5 rings (SSSR count). The van der Waals surface area contributed by atoms with E-state index >= 15 is 0 Å². The molecule has 0 aromatic carbocycles. The van der Waals surface area contributed by atoms with Crippen molar-refractivity contribution < 1.29 is 22.7 Å². The Morgan fingerprint density at radius 1 is 1.11 bits per heavy atom. The molecule has 3 aromatic heterocycles. The maximum absolute atomic E-state index is 13.1. The van der Waals surface area contributed by atoms with Crippen molar-refractivity contribution in [1.82, 2.24) is 28.6 Å². The lowest BCUT2D eigenvalue weighted by molar-refractivity contribution is 0.0135. The average Bonchev–Trinajstić information content (AvgIpc) is 3.48. The Hall–Kier alpha value is -3.63. The summed E-state index contributed by atoms with van der Waals surface area (Å²) in [6.07, 6.45) is 7.82. The molecule has 13 heteroatoms. The molecule has 2 fully saturated rings. The molecule has 1 amide bonds. The van der Waals surface area contributed by atoms with E-state index in [0.717, 1.165) is 11.1 Å². The topological polar surface area (TPSA) is 135 Å². The van der Waals surface area contributed by atoms with Crippen molar-refractivity contribution in [2.24, 2.45) is 0 Å². The fraction of sp³-hybridized carbons (Fsp3) is 0.520. The number of ether oxygens (including phenoxy) is 2. The van der Waals surface area contributed by atoms with Gasteiger partial charge in [-0.05, 0) is 39.7 Å². The molecule has 12 nitrogen and oxygen atoms in total. The summed E-state index contributed by atoms with van der Waals surface area (Å²) in [5, 5.41) is 17.5. The highest BCUT2D eigenvalue weighted by Crippen LogP contribution is 2.32. The Morgan fingerprint density at radius 3 is 2.45 bits per heavy atom. The van der Waals surface area contributed by atoms with Gasteiger partial charge >= 0.3 is 6.09 Å². The largest absolute Gasteiger partial charge is 0.494 e. The normalized spacial score (nSPS) is 17.8. The monoisotopic (exact) mass is 541 g/mol. The number of carbonyl (C=O) groups is 1. The van der Waals surface area contributed by atoms with Crippen LogP contribution in [-0.4, -0.2) is 87.3 Å². The molecule has 0 N–H and O–H groups in total. The number of nitrogens with zero attached hydrogens (tertiary/aromatic N) is 7. The Balaban J connectivity index is 1.22. The first-order valence-electron chi connectivity index (χ1n) is 12.5. The number of hydrogen-bond donors (Lipinski definition) is 0. The first-order valence-corrected chi connectivity index (χ1v) is 14.0. The van der Waals surface area contributed by atoms with Crippen molar-refractivity contribution in [2.75, 3.05) is 33.3 Å². The molecule has 202 valence electrons. The van der Waals surface area contributed by atoms with Crippen LogP contribution in [0.5, 0.6) is 5.75 Å². The van der Waals surface area contributed by atoms with Gasteiger partial charge in [0.1, 0.15) is 33.7 Å². The van der Waals surface area contributed by atoms with Gasteiger partial charge in [0.25, 0.3) is 0 Å². The third-order valence-electron chi connectivity index (χ3n) is 6.93. The predicted molar refractivity (Wildman–Crippen MR) is 138 cm³/mol. The smallest absolute Gasteiger partial charge is 0.410 e. The summed E-state index contributed by atoms with van der Waals surface area (Å²) in [7, 11) is -1.95. The Kier molecular flexibility index (Phi) is 6.56. The first-order chi connectivity index (χ1) is 18.0. The average molecular weight is 542 g/mol. The van der Waals surface area contributed by atoms with Crippen LogP contribution in [0.15, 0.2) is 30.9 Å². The van der Waals surface area contributed by atoms with Crippen molar-refractivity contribution in [2.45, 2.75) is 50.5 Å². The van der Waals surface area contributed by atoms with E-state index < -0.39 is 27.0 Å². The Morgan fingerprint density at radius 2 is 1.82 bits per heavy atom. The van der Waals surface area contributed by atoms with E-state index in [1.165, 1.54) is 15.4 Å². The number of fused-ring (bicyclic) bond motifs is 1. The molecule has 0 bridgehead atoms. The van der Waals surface area contributed by atoms with Crippen molar-refractivity contribution in [3.8, 4) is 22.9 Å². The number of aromatic nitrogens is 4. The maximum atomic E-state index is 13.1. The predicted octanol–water partition coefficient (Wildman–Crippen LogP) is 2.66. The van der Waals surface area contributed by atoms with Crippen LogP contribution in [0.1, 0.15) is 45.2 Å². The number of hydrogen-bond acceptors (Lipinski definition) is 8. The summed E-state index contributed by atoms with van der Waals surface area (Å²) >= 11 is 0. The van der Waals surface area contributed by atoms with Gasteiger partial charge in [0.15, 0.2) is 0 Å². The lowest BCUT2D eigenvalue weighted by Crippen LogP contribution is -2.61. The van der Waals surface area contributed by atoms with Gasteiger partial charge in [-0.25, -0.2) is 22.0 Å². The molecule has 0 spiro atoms. The second kappa shape index (κ2) is 9.59. The molecule has 0 unspecified atom stereocenters. The quantitative estimate of drug-likeness (QED) is 0.481. The van der Waals surface area contributed by atoms with Crippen LogP contribution in [0.2, 0.25) is 0 Å². The summed E-state index contributed by atoms with van der Waals surface area (Å²) < 4.78 is 42.1. The molecular formula is C25H31N7O5S. The van der Waals surface area contributed by atoms with Crippen molar-refractivity contribution in [1.29, 1.82) is 5.26 Å². The fourth-order valence-corrected chi connectivity index (χ4v) is 6.72. The molecule has 0 saturated carbocycles. The van der Waals surface area contributed by atoms with Crippen molar-refractivity contribution >= 4 is 21.6 Å². The molecule has 5 heterocycles. The number of methoxy groups -OCH3 is 1. The lowest BCUT2D eigenvalue weighted by Gasteiger charge is -2.42. The molecule has 0 atom stereocenters. The van der Waals surface area contributed by atoms with Crippen LogP contribution < -0.4 is 4.74 Å². The van der Waals surface area contributed by atoms with E-state index in [9.17, 15) is 18.5 Å². The molecule has 2 aliphatic rings. The maximum Gasteiger partial charge on any atom is 0.410 e. The number of nitriles is 1. The highest BCUT2D eigenvalue weighted by Gasteiger charge is 2.44. The minimum atomic E-state index is -3.50. The van der Waals surface area contributed by atoms with Crippen molar-refractivity contribution in [3.63, 3.8) is 0 Å². The lowest BCUT2D eigenvalue weighted by atomic mass is 10.1. The van der Waals surface area contributed by atoms with E-state index in [-0.39, 0.29) is 19.1 Å². The van der Waals surface area contributed by atoms with Gasteiger partial charge in [-0.3, -0.25) is 4.68 Å². The zero-order valence-corrected chi connectivity index (χ0v) is 22.7. The van der Waals surface area contributed by atoms with E-state index in [1.54, 1.807) is 38.6 Å². The van der Waals surface area contributed by atoms with Crippen LogP contribution in [0.3, 0.4) is 0 Å². The number of pyridine rings is 1. The van der Waals surface area contributed by atoms with E-state index in [2.05, 4.69) is 16.3 Å². The highest BCUT2D eigenvalue weighted by atomic mass is 32.2. The molecule has 2 saturated heterocycles. The standard InChI is InChI=1S/C25H31N7O5S/c1-25(2,3)37-24(33)29-15-21(16-29)38(34,35)30-7-5-20(6-8-30)31-14-19(12-27-31)17-9-22(36-4)23-18(10-26)11-28-32(23)13-17/h9,11-14,20-21H,5-8,15-16H2,1-4H3. The second-order valence-electron chi connectivity index (χ2n) is 10.7. The van der Waals surface area contributed by atoms with Crippen molar-refractivity contribution in [3.05, 3.63) is 36.4 Å². The summed E-state index contributed by atoms with van der Waals surface area (Å²) in [4.78, 5) is 13.6. The van der Waals surface area contributed by atoms with Gasteiger partial charge in [0, 0.05) is 49.7 Å². The zero-order chi connectivity index (χ0) is 27.2. The van der Waals surface area contributed by atoms with Gasteiger partial charge < -0.3 is 14.4 Å². The SMILES string of the molecule is COc1cc(-c2cnn(C3CCN(S(=O)(=O)C4CN(C(=O)OC(C)(C)C)C4)CC3)c2)cn2ncc(C#N)c12. The van der Waals surface area contributed by atoms with Crippen LogP contribution in [-0.2, 0) is 14.8 Å². The number of sulfonamides is 1. The van der Waals surface area contributed by atoms with Crippen LogP contribution in [0.25, 0.3) is 16.6 Å². The summed E-state index contributed by atoms with van der Waals surface area (Å²) in [6, 6.07) is 4.04. The molecule has 3 aromatic rings. The number of piperidine rings is 1. The zero-order valence-electron chi connectivity index (χ0n) is 21.9. The van der Waals surface area contributed by atoms with E-state index in [0.29, 0.717) is 42.8 Å². The van der Waals surface area contributed by atoms with Crippen LogP contribution >= 0.6 is 0 Å². The Labute approximate surface area is 221 Å². The minimum Gasteiger partial charge on any atom is -0.494 e. The van der Waals surface area contributed by atoms with Gasteiger partial charge in [0.05, 0.1) is 25.5 Å². The summed E-state index contributed by atoms with van der Waals surface area (Å²) in [5.74, 6) is 0.545. The minimum absolute atomic E-state index is 0.0652. The van der Waals surface area contributed by atoms with Crippen LogP contribution in [0, 0.1) is 11.3 Å². The number of rotatable bonds is 5. The summed E-state index contributed by atoms with van der Waals surface area (Å²) in [5.41, 5.74) is 2.14. The molecule has 2 aliphatic heterocycles. The number of carbonyl (C=O) groups excluding carboxylic acids is 1. The summed E-state index contributed by atoms with van der Waals surface area (Å²) in [6.45, 7) is 6.45. The van der Waals surface area contributed by atoms with Gasteiger partial charge in [-0.15, -0.1) is 0 Å². The first kappa shape index (κ1) is 26.0. The Bertz CT molecular complexity index is 1500. The number of likely N-dealkylation sites (tertiary alicyclic amines) is 1. The van der Waals surface area contributed by atoms with Gasteiger partial charge in [-0.2, -0.15) is 15.5 Å². The van der Waals surface area contributed by atoms with Gasteiger partial charge in [0.2, 0.25) is 10.0 Å². The molecule has 0 radical (unpaired) electrons. The third-order valence-corrected chi connectivity index (χ3v) is 9.16. The van der Waals surface area contributed by atoms with E-state index in [1.807, 2.05) is 23.1 Å². The van der Waals surface area contributed by atoms with E-state index in [4.69, 9.17) is 9.47 Å². The van der Waals surface area contributed by atoms with Gasteiger partial charge in [-0.1, -0.05) is 0 Å². The molecule has 38 heavy (non-hydrogen) atoms. The molecule has 0 aliphatic carbocycles. The third kappa shape index (κ3) is 4.81. The second-order valence-corrected chi connectivity index (χ2v) is 12.9. The molecular weight excluding hydrogens is 510 g/mol.